The van der Waals surface area contributed by atoms with E-state index in [0.717, 1.165) is 18.8 Å². The normalized spacial score (nSPS) is 18.3. The van der Waals surface area contributed by atoms with E-state index in [4.69, 9.17) is 0 Å². The Balaban J connectivity index is 2.13. The number of thiol groups is 1. The van der Waals surface area contributed by atoms with Gasteiger partial charge in [0.05, 0.1) is 0 Å². The Bertz CT molecular complexity index is 396. The summed E-state index contributed by atoms with van der Waals surface area (Å²) in [6, 6.07) is 8.89. The van der Waals surface area contributed by atoms with Crippen LogP contribution in [0, 0.1) is 12.3 Å². The van der Waals surface area contributed by atoms with Gasteiger partial charge in [-0.25, -0.2) is 0 Å². The lowest BCUT2D eigenvalue weighted by molar-refractivity contribution is 0.228. The topological polar surface area (TPSA) is 3.24 Å². The third-order valence-electron chi connectivity index (χ3n) is 4.52. The van der Waals surface area contributed by atoms with Crippen molar-refractivity contribution in [2.75, 3.05) is 23.7 Å². The van der Waals surface area contributed by atoms with Crippen LogP contribution in [0.25, 0.3) is 0 Å². The molecule has 0 aromatic heterocycles. The van der Waals surface area contributed by atoms with Crippen LogP contribution in [-0.2, 0) is 0 Å². The van der Waals surface area contributed by atoms with E-state index in [0.29, 0.717) is 5.41 Å². The maximum absolute atomic E-state index is 4.67. The van der Waals surface area contributed by atoms with Gasteiger partial charge in [-0.2, -0.15) is 12.6 Å². The Morgan fingerprint density at radius 1 is 1.21 bits per heavy atom. The molecule has 106 valence electrons. The fourth-order valence-corrected chi connectivity index (χ4v) is 3.70. The van der Waals surface area contributed by atoms with E-state index in [-0.39, 0.29) is 0 Å². The third kappa shape index (κ3) is 3.68. The van der Waals surface area contributed by atoms with Gasteiger partial charge in [0.2, 0.25) is 0 Å². The number of anilines is 1. The van der Waals surface area contributed by atoms with Crippen molar-refractivity contribution in [3.63, 3.8) is 0 Å². The molecule has 0 saturated heterocycles. The zero-order valence-corrected chi connectivity index (χ0v) is 13.3. The quantitative estimate of drug-likeness (QED) is 0.763. The van der Waals surface area contributed by atoms with Gasteiger partial charge >= 0.3 is 0 Å². The number of benzene rings is 1. The van der Waals surface area contributed by atoms with Gasteiger partial charge in [0.1, 0.15) is 0 Å². The zero-order chi connectivity index (χ0) is 13.7. The maximum Gasteiger partial charge on any atom is 0.0368 e. The number of aryl methyl sites for hydroxylation is 1. The minimum Gasteiger partial charge on any atom is -0.371 e. The Kier molecular flexibility index (Phi) is 5.20. The van der Waals surface area contributed by atoms with Crippen LogP contribution >= 0.6 is 12.6 Å². The fraction of sp³-hybridized carbons (Fsp3) is 0.647. The number of hydrogen-bond acceptors (Lipinski definition) is 2. The van der Waals surface area contributed by atoms with Gasteiger partial charge < -0.3 is 4.90 Å². The predicted molar refractivity (Wildman–Crippen MR) is 88.4 cm³/mol. The number of nitrogens with zero attached hydrogens (tertiary/aromatic N) is 1. The third-order valence-corrected chi connectivity index (χ3v) is 5.20. The SMILES string of the molecule is CCN(CC1(CS)CCCCC1)c1cccc(C)c1. The highest BCUT2D eigenvalue weighted by atomic mass is 32.1. The summed E-state index contributed by atoms with van der Waals surface area (Å²) in [6.07, 6.45) is 6.86. The van der Waals surface area contributed by atoms with Crippen molar-refractivity contribution in [2.24, 2.45) is 5.41 Å². The molecule has 19 heavy (non-hydrogen) atoms. The van der Waals surface area contributed by atoms with Gasteiger partial charge in [-0.3, -0.25) is 0 Å². The summed E-state index contributed by atoms with van der Waals surface area (Å²) in [5.41, 5.74) is 3.15. The van der Waals surface area contributed by atoms with Crippen LogP contribution in [0.4, 0.5) is 5.69 Å². The van der Waals surface area contributed by atoms with Crippen molar-refractivity contribution in [2.45, 2.75) is 46.0 Å². The molecule has 0 radical (unpaired) electrons. The van der Waals surface area contributed by atoms with E-state index < -0.39 is 0 Å². The first-order valence-electron chi connectivity index (χ1n) is 7.61. The van der Waals surface area contributed by atoms with Crippen molar-refractivity contribution >= 4 is 18.3 Å². The monoisotopic (exact) mass is 277 g/mol. The predicted octanol–water partition coefficient (Wildman–Crippen LogP) is 4.70. The van der Waals surface area contributed by atoms with Crippen LogP contribution in [-0.4, -0.2) is 18.8 Å². The first-order chi connectivity index (χ1) is 9.19. The molecule has 0 aliphatic heterocycles. The zero-order valence-electron chi connectivity index (χ0n) is 12.4. The molecule has 2 heteroatoms. The van der Waals surface area contributed by atoms with Crippen LogP contribution < -0.4 is 4.90 Å². The van der Waals surface area contributed by atoms with E-state index in [1.165, 1.54) is 43.4 Å². The highest BCUT2D eigenvalue weighted by Gasteiger charge is 2.32. The van der Waals surface area contributed by atoms with E-state index in [1.54, 1.807) is 0 Å². The molecule has 0 heterocycles. The summed E-state index contributed by atoms with van der Waals surface area (Å²) in [7, 11) is 0. The van der Waals surface area contributed by atoms with Gasteiger partial charge in [0.25, 0.3) is 0 Å². The highest BCUT2D eigenvalue weighted by molar-refractivity contribution is 7.80. The number of rotatable bonds is 5. The lowest BCUT2D eigenvalue weighted by Gasteiger charge is -2.41. The van der Waals surface area contributed by atoms with E-state index in [1.807, 2.05) is 0 Å². The van der Waals surface area contributed by atoms with E-state index in [9.17, 15) is 0 Å². The molecule has 1 saturated carbocycles. The largest absolute Gasteiger partial charge is 0.371 e. The molecule has 1 aromatic rings. The Labute approximate surface area is 123 Å². The molecule has 0 atom stereocenters. The second-order valence-corrected chi connectivity index (χ2v) is 6.39. The van der Waals surface area contributed by atoms with Crippen molar-refractivity contribution in [3.8, 4) is 0 Å². The lowest BCUT2D eigenvalue weighted by atomic mass is 9.75. The van der Waals surface area contributed by atoms with Crippen LogP contribution in [0.1, 0.15) is 44.6 Å². The molecule has 0 amide bonds. The van der Waals surface area contributed by atoms with Crippen LogP contribution in [0.5, 0.6) is 0 Å². The van der Waals surface area contributed by atoms with Crippen LogP contribution in [0.15, 0.2) is 24.3 Å². The van der Waals surface area contributed by atoms with Gasteiger partial charge in [0, 0.05) is 18.8 Å². The summed E-state index contributed by atoms with van der Waals surface area (Å²) in [5, 5.41) is 0. The van der Waals surface area contributed by atoms with Crippen molar-refractivity contribution < 1.29 is 0 Å². The first-order valence-corrected chi connectivity index (χ1v) is 8.25. The summed E-state index contributed by atoms with van der Waals surface area (Å²) in [6.45, 7) is 6.68. The summed E-state index contributed by atoms with van der Waals surface area (Å²) in [5.74, 6) is 1.02. The fourth-order valence-electron chi connectivity index (χ4n) is 3.28. The minimum atomic E-state index is 0.432. The van der Waals surface area contributed by atoms with Gasteiger partial charge in [0.15, 0.2) is 0 Å². The standard InChI is InChI=1S/C17H27NS/c1-3-18(16-9-7-8-15(2)12-16)13-17(14-19)10-5-4-6-11-17/h7-9,12,19H,3-6,10-11,13-14H2,1-2H3. The van der Waals surface area contributed by atoms with Crippen molar-refractivity contribution in [1.29, 1.82) is 0 Å². The molecule has 0 N–H and O–H groups in total. The average molecular weight is 277 g/mol. The molecule has 1 nitrogen and oxygen atoms in total. The minimum absolute atomic E-state index is 0.432. The Morgan fingerprint density at radius 2 is 1.95 bits per heavy atom. The van der Waals surface area contributed by atoms with Gasteiger partial charge in [-0.05, 0) is 55.6 Å². The maximum atomic E-state index is 4.67. The molecular formula is C17H27NS. The van der Waals surface area contributed by atoms with E-state index >= 15 is 0 Å². The Morgan fingerprint density at radius 3 is 2.53 bits per heavy atom. The van der Waals surface area contributed by atoms with Gasteiger partial charge in [-0.1, -0.05) is 31.4 Å². The lowest BCUT2D eigenvalue weighted by Crippen LogP contribution is -2.40. The Hall–Kier alpha value is -0.630. The molecule has 1 aromatic carbocycles. The smallest absolute Gasteiger partial charge is 0.0368 e. The molecule has 0 spiro atoms. The van der Waals surface area contributed by atoms with Crippen LogP contribution in [0.3, 0.4) is 0 Å². The molecule has 1 aliphatic rings. The van der Waals surface area contributed by atoms with Crippen molar-refractivity contribution in [1.82, 2.24) is 0 Å². The number of hydrogen-bond donors (Lipinski definition) is 1. The molecule has 1 aliphatic carbocycles. The van der Waals surface area contributed by atoms with E-state index in [2.05, 4.69) is 55.6 Å². The second kappa shape index (κ2) is 6.69. The highest BCUT2D eigenvalue weighted by Crippen LogP contribution is 2.38. The summed E-state index contributed by atoms with van der Waals surface area (Å²) >= 11 is 4.67. The van der Waals surface area contributed by atoms with Crippen LogP contribution in [0.2, 0.25) is 0 Å². The molecule has 0 bridgehead atoms. The average Bonchev–Trinajstić information content (AvgIpc) is 2.46. The first kappa shape index (κ1) is 14.8. The van der Waals surface area contributed by atoms with Crippen molar-refractivity contribution in [3.05, 3.63) is 29.8 Å². The molecule has 2 rings (SSSR count). The summed E-state index contributed by atoms with van der Waals surface area (Å²) < 4.78 is 0. The molecule has 0 unspecified atom stereocenters. The summed E-state index contributed by atoms with van der Waals surface area (Å²) in [4.78, 5) is 2.54. The van der Waals surface area contributed by atoms with Gasteiger partial charge in [-0.15, -0.1) is 0 Å². The second-order valence-electron chi connectivity index (χ2n) is 6.07. The molecular weight excluding hydrogens is 250 g/mol. The molecule has 1 fully saturated rings.